The zero-order chi connectivity index (χ0) is 20.5. The number of aromatic nitrogens is 4. The third kappa shape index (κ3) is 3.76. The van der Waals surface area contributed by atoms with Crippen LogP contribution in [0.1, 0.15) is 27.3 Å². The van der Waals surface area contributed by atoms with Crippen LogP contribution in [0.5, 0.6) is 0 Å². The maximum Gasteiger partial charge on any atom is 0.272 e. The minimum Gasteiger partial charge on any atom is -0.378 e. The van der Waals surface area contributed by atoms with Crippen molar-refractivity contribution in [3.63, 3.8) is 0 Å². The van der Waals surface area contributed by atoms with Crippen LogP contribution in [0.15, 0.2) is 42.7 Å². The van der Waals surface area contributed by atoms with Crippen molar-refractivity contribution >= 4 is 11.9 Å². The van der Waals surface area contributed by atoms with Crippen molar-refractivity contribution in [2.75, 3.05) is 31.2 Å². The summed E-state index contributed by atoms with van der Waals surface area (Å²) >= 11 is 0. The van der Waals surface area contributed by atoms with Crippen molar-refractivity contribution < 1.29 is 13.9 Å². The number of nitrogens with zero attached hydrogens (tertiary/aromatic N) is 6. The van der Waals surface area contributed by atoms with Crippen LogP contribution in [0.25, 0.3) is 0 Å². The van der Waals surface area contributed by atoms with Crippen molar-refractivity contribution in [3.05, 3.63) is 71.1 Å². The van der Waals surface area contributed by atoms with Crippen molar-refractivity contribution in [3.8, 4) is 0 Å². The minimum atomic E-state index is -0.244. The number of ether oxygens (including phenoxy) is 1. The largest absolute Gasteiger partial charge is 0.378 e. The van der Waals surface area contributed by atoms with Gasteiger partial charge in [0.2, 0.25) is 5.95 Å². The molecule has 0 aliphatic carbocycles. The summed E-state index contributed by atoms with van der Waals surface area (Å²) < 4.78 is 20.3. The Bertz CT molecular complexity index is 1040. The van der Waals surface area contributed by atoms with Crippen molar-refractivity contribution in [2.45, 2.75) is 19.6 Å². The maximum atomic E-state index is 13.1. The van der Waals surface area contributed by atoms with Gasteiger partial charge in [0, 0.05) is 37.6 Å². The number of hydrogen-bond acceptors (Lipinski definition) is 6. The van der Waals surface area contributed by atoms with Gasteiger partial charge in [-0.15, -0.1) is 0 Å². The monoisotopic (exact) mass is 408 g/mol. The molecule has 30 heavy (non-hydrogen) atoms. The summed E-state index contributed by atoms with van der Waals surface area (Å²) in [4.78, 5) is 25.3. The van der Waals surface area contributed by atoms with Crippen LogP contribution in [0.3, 0.4) is 0 Å². The second kappa shape index (κ2) is 7.83. The van der Waals surface area contributed by atoms with Gasteiger partial charge in [-0.25, -0.2) is 14.4 Å². The lowest BCUT2D eigenvalue weighted by atomic mass is 10.2. The van der Waals surface area contributed by atoms with Gasteiger partial charge in [-0.1, -0.05) is 12.1 Å². The molecule has 3 aromatic rings. The zero-order valence-corrected chi connectivity index (χ0v) is 16.4. The number of anilines is 1. The molecule has 2 aliphatic rings. The molecule has 0 bridgehead atoms. The lowest BCUT2D eigenvalue weighted by Gasteiger charge is -2.26. The number of carbonyl (C=O) groups excluding carboxylic acids is 1. The molecule has 0 saturated carbocycles. The summed E-state index contributed by atoms with van der Waals surface area (Å²) in [6, 6.07) is 8.09. The Balaban J connectivity index is 1.27. The fourth-order valence-electron chi connectivity index (χ4n) is 3.76. The van der Waals surface area contributed by atoms with Crippen molar-refractivity contribution in [1.29, 1.82) is 0 Å². The van der Waals surface area contributed by atoms with Crippen LogP contribution in [-0.4, -0.2) is 56.9 Å². The quantitative estimate of drug-likeness (QED) is 0.656. The standard InChI is InChI=1S/C21H21FN6O2/c22-17-3-1-15(2-4-17)11-28-13-16-12-27(14-19(16)25-28)21-23-6-5-18(24-21)20(29)26-7-9-30-10-8-26/h1-6,13H,7-12,14H2. The third-order valence-corrected chi connectivity index (χ3v) is 5.33. The summed E-state index contributed by atoms with van der Waals surface area (Å²) in [6.45, 7) is 4.07. The molecule has 0 unspecified atom stereocenters. The van der Waals surface area contributed by atoms with Crippen LogP contribution < -0.4 is 4.90 Å². The van der Waals surface area contributed by atoms with Gasteiger partial charge < -0.3 is 14.5 Å². The molecule has 154 valence electrons. The fourth-order valence-corrected chi connectivity index (χ4v) is 3.76. The molecule has 4 heterocycles. The number of fused-ring (bicyclic) bond motifs is 1. The molecule has 1 fully saturated rings. The maximum absolute atomic E-state index is 13.1. The molecule has 2 aromatic heterocycles. The van der Waals surface area contributed by atoms with E-state index < -0.39 is 0 Å². The molecule has 8 nitrogen and oxygen atoms in total. The van der Waals surface area contributed by atoms with Gasteiger partial charge in [0.1, 0.15) is 11.5 Å². The van der Waals surface area contributed by atoms with Crippen molar-refractivity contribution in [1.82, 2.24) is 24.6 Å². The Hall–Kier alpha value is -3.33. The number of halogens is 1. The predicted molar refractivity (Wildman–Crippen MR) is 106 cm³/mol. The van der Waals surface area contributed by atoms with Gasteiger partial charge in [-0.05, 0) is 23.8 Å². The van der Waals surface area contributed by atoms with E-state index >= 15 is 0 Å². The van der Waals surface area contributed by atoms with E-state index in [1.165, 1.54) is 12.1 Å². The predicted octanol–water partition coefficient (Wildman–Crippen LogP) is 1.85. The average Bonchev–Trinajstić information content (AvgIpc) is 3.34. The Morgan fingerprint density at radius 2 is 1.90 bits per heavy atom. The van der Waals surface area contributed by atoms with Crippen LogP contribution in [-0.2, 0) is 24.4 Å². The number of carbonyl (C=O) groups is 1. The number of hydrogen-bond donors (Lipinski definition) is 0. The highest BCUT2D eigenvalue weighted by Crippen LogP contribution is 2.25. The number of rotatable bonds is 4. The smallest absolute Gasteiger partial charge is 0.272 e. The third-order valence-electron chi connectivity index (χ3n) is 5.33. The molecule has 1 aromatic carbocycles. The van der Waals surface area contributed by atoms with Crippen LogP contribution in [0.4, 0.5) is 10.3 Å². The highest BCUT2D eigenvalue weighted by molar-refractivity contribution is 5.92. The Labute approximate surface area is 172 Å². The van der Waals surface area contributed by atoms with Gasteiger partial charge in [-0.2, -0.15) is 5.10 Å². The Kier molecular flexibility index (Phi) is 4.88. The minimum absolute atomic E-state index is 0.0941. The molecule has 2 aliphatic heterocycles. The first-order chi connectivity index (χ1) is 14.7. The van der Waals surface area contributed by atoms with E-state index in [-0.39, 0.29) is 11.7 Å². The highest BCUT2D eigenvalue weighted by Gasteiger charge is 2.26. The fraction of sp³-hybridized carbons (Fsp3) is 0.333. The molecule has 0 N–H and O–H groups in total. The van der Waals surface area contributed by atoms with Gasteiger partial charge in [0.15, 0.2) is 0 Å². The molecule has 0 atom stereocenters. The van der Waals surface area contributed by atoms with Crippen LogP contribution in [0.2, 0.25) is 0 Å². The second-order valence-corrected chi connectivity index (χ2v) is 7.43. The topological polar surface area (TPSA) is 76.4 Å². The molecule has 1 saturated heterocycles. The molecule has 1 amide bonds. The molecule has 0 spiro atoms. The van der Waals surface area contributed by atoms with Crippen LogP contribution >= 0.6 is 0 Å². The van der Waals surface area contributed by atoms with Gasteiger partial charge in [-0.3, -0.25) is 9.48 Å². The molecular weight excluding hydrogens is 387 g/mol. The molecule has 0 radical (unpaired) electrons. The van der Waals surface area contributed by atoms with Gasteiger partial charge in [0.05, 0.1) is 32.0 Å². The molecule has 9 heteroatoms. The first-order valence-corrected chi connectivity index (χ1v) is 9.90. The second-order valence-electron chi connectivity index (χ2n) is 7.43. The van der Waals surface area contributed by atoms with Crippen molar-refractivity contribution in [2.24, 2.45) is 0 Å². The first-order valence-electron chi connectivity index (χ1n) is 9.90. The summed E-state index contributed by atoms with van der Waals surface area (Å²) in [5.41, 5.74) is 3.45. The molecular formula is C21H21FN6O2. The summed E-state index contributed by atoms with van der Waals surface area (Å²) in [5, 5.41) is 4.65. The lowest BCUT2D eigenvalue weighted by molar-refractivity contribution is 0.0299. The summed E-state index contributed by atoms with van der Waals surface area (Å²) in [5.74, 6) is 0.187. The zero-order valence-electron chi connectivity index (χ0n) is 16.4. The molecule has 5 rings (SSSR count). The summed E-state index contributed by atoms with van der Waals surface area (Å²) in [7, 11) is 0. The van der Waals surface area contributed by atoms with E-state index in [2.05, 4.69) is 15.1 Å². The normalized spacial score (nSPS) is 16.0. The Morgan fingerprint density at radius 1 is 1.10 bits per heavy atom. The van der Waals surface area contributed by atoms with Crippen LogP contribution in [0, 0.1) is 5.82 Å². The average molecular weight is 408 g/mol. The lowest BCUT2D eigenvalue weighted by Crippen LogP contribution is -2.41. The van der Waals surface area contributed by atoms with Gasteiger partial charge >= 0.3 is 0 Å². The number of amides is 1. The first kappa shape index (κ1) is 18.7. The summed E-state index contributed by atoms with van der Waals surface area (Å²) in [6.07, 6.45) is 3.63. The number of benzene rings is 1. The van der Waals surface area contributed by atoms with Gasteiger partial charge in [0.25, 0.3) is 5.91 Å². The number of morpholine rings is 1. The van der Waals surface area contributed by atoms with E-state index in [0.717, 1.165) is 16.8 Å². The highest BCUT2D eigenvalue weighted by atomic mass is 19.1. The SMILES string of the molecule is O=C(c1ccnc(N2Cc3cn(Cc4ccc(F)cc4)nc3C2)n1)N1CCOCC1. The van der Waals surface area contributed by atoms with E-state index in [4.69, 9.17) is 4.74 Å². The van der Waals surface area contributed by atoms with E-state index in [1.54, 1.807) is 29.3 Å². The van der Waals surface area contributed by atoms with E-state index in [0.29, 0.717) is 57.6 Å². The Morgan fingerprint density at radius 3 is 2.67 bits per heavy atom. The van der Waals surface area contributed by atoms with E-state index in [1.807, 2.05) is 15.8 Å². The van der Waals surface area contributed by atoms with E-state index in [9.17, 15) is 9.18 Å².